The third-order valence-electron chi connectivity index (χ3n) is 5.32. The summed E-state index contributed by atoms with van der Waals surface area (Å²) in [4.78, 5) is 11.9. The van der Waals surface area contributed by atoms with Crippen LogP contribution in [0.5, 0.6) is 5.75 Å². The van der Waals surface area contributed by atoms with Crippen molar-refractivity contribution in [2.45, 2.75) is 32.2 Å². The monoisotopic (exact) mass is 395 g/mol. The summed E-state index contributed by atoms with van der Waals surface area (Å²) in [6.07, 6.45) is 5.63. The van der Waals surface area contributed by atoms with Gasteiger partial charge in [0.25, 0.3) is 5.91 Å². The van der Waals surface area contributed by atoms with Crippen molar-refractivity contribution >= 4 is 30.6 Å². The van der Waals surface area contributed by atoms with E-state index in [1.165, 1.54) is 12.3 Å². The molecular formula is C19H19BFN5O3. The highest BCUT2D eigenvalue weighted by molar-refractivity contribution is 6.54. The first-order valence-electron chi connectivity index (χ1n) is 9.29. The predicted molar refractivity (Wildman–Crippen MR) is 105 cm³/mol. The van der Waals surface area contributed by atoms with Gasteiger partial charge in [-0.2, -0.15) is 10.4 Å². The molecule has 29 heavy (non-hydrogen) atoms. The number of nitriles is 1. The third kappa shape index (κ3) is 3.45. The highest BCUT2D eigenvalue weighted by Crippen LogP contribution is 2.37. The summed E-state index contributed by atoms with van der Waals surface area (Å²) in [5, 5.41) is 26.4. The fraction of sp³-hybridized carbons (Fsp3) is 0.316. The molecule has 0 saturated heterocycles. The number of aromatic nitrogens is 2. The number of nitrogens with one attached hydrogen (secondary N) is 1. The molecule has 4 rings (SSSR count). The number of rotatable bonds is 4. The van der Waals surface area contributed by atoms with E-state index in [0.717, 1.165) is 19.3 Å². The van der Waals surface area contributed by atoms with Crippen LogP contribution >= 0.6 is 0 Å². The van der Waals surface area contributed by atoms with Crippen molar-refractivity contribution in [3.8, 4) is 11.8 Å². The molecule has 148 valence electrons. The highest BCUT2D eigenvalue weighted by Gasteiger charge is 2.31. The number of primary amides is 1. The Labute approximate surface area is 166 Å². The number of allylic oxidation sites excluding steroid dienone is 1. The Balaban J connectivity index is 1.69. The summed E-state index contributed by atoms with van der Waals surface area (Å²) in [7, 11) is -1.19. The first-order valence-corrected chi connectivity index (χ1v) is 9.29. The second-order valence-corrected chi connectivity index (χ2v) is 7.33. The van der Waals surface area contributed by atoms with Crippen LogP contribution in [-0.4, -0.2) is 27.8 Å². The molecule has 0 spiro atoms. The fourth-order valence-electron chi connectivity index (χ4n) is 3.82. The number of amides is 1. The molecule has 1 aliphatic heterocycles. The number of benzene rings is 1. The van der Waals surface area contributed by atoms with Gasteiger partial charge in [0.15, 0.2) is 11.6 Å². The zero-order valence-corrected chi connectivity index (χ0v) is 15.7. The smallest absolute Gasteiger partial charge is 0.530 e. The van der Waals surface area contributed by atoms with Crippen molar-refractivity contribution in [1.82, 2.24) is 9.78 Å². The lowest BCUT2D eigenvalue weighted by atomic mass is 9.76. The summed E-state index contributed by atoms with van der Waals surface area (Å²) < 4.78 is 21.3. The van der Waals surface area contributed by atoms with Crippen molar-refractivity contribution in [3.05, 3.63) is 40.7 Å². The molecule has 0 radical (unpaired) electrons. The summed E-state index contributed by atoms with van der Waals surface area (Å²) in [5.41, 5.74) is 6.99. The van der Waals surface area contributed by atoms with Crippen LogP contribution in [-0.2, 0) is 0 Å². The molecule has 1 aromatic heterocycles. The van der Waals surface area contributed by atoms with Gasteiger partial charge in [0.2, 0.25) is 0 Å². The lowest BCUT2D eigenvalue weighted by molar-refractivity contribution is 0.100. The van der Waals surface area contributed by atoms with Gasteiger partial charge >= 0.3 is 7.12 Å². The van der Waals surface area contributed by atoms with Crippen LogP contribution in [0.15, 0.2) is 23.8 Å². The summed E-state index contributed by atoms with van der Waals surface area (Å²) in [5.74, 6) is -1.37. The standard InChI is InChI=1S/C19H19BFN5O3/c1-10-5-12-6-13(7-15(21)17(12)29-20(10)28)24-19-14(18(23)27)9-26(25-19)16-4-2-3-11(16)8-22/h5-7,9,11,16,28H,2-4H2,1H3,(H2,23,27)(H,24,25). The van der Waals surface area contributed by atoms with Gasteiger partial charge in [-0.1, -0.05) is 6.08 Å². The van der Waals surface area contributed by atoms with Gasteiger partial charge in [0.05, 0.1) is 18.0 Å². The first kappa shape index (κ1) is 19.0. The zero-order chi connectivity index (χ0) is 20.7. The van der Waals surface area contributed by atoms with Crippen LogP contribution in [0.25, 0.3) is 6.08 Å². The average molecular weight is 395 g/mol. The minimum atomic E-state index is -1.19. The molecule has 1 aromatic carbocycles. The van der Waals surface area contributed by atoms with E-state index in [4.69, 9.17) is 10.4 Å². The van der Waals surface area contributed by atoms with Gasteiger partial charge in [-0.25, -0.2) is 4.39 Å². The Morgan fingerprint density at radius 1 is 1.52 bits per heavy atom. The summed E-state index contributed by atoms with van der Waals surface area (Å²) in [6.45, 7) is 1.67. The lowest BCUT2D eigenvalue weighted by Gasteiger charge is -2.20. The minimum absolute atomic E-state index is 0.0443. The number of nitrogens with two attached hydrogens (primary N) is 1. The van der Waals surface area contributed by atoms with Gasteiger partial charge in [0, 0.05) is 23.5 Å². The molecule has 2 aliphatic rings. The van der Waals surface area contributed by atoms with Gasteiger partial charge in [-0.3, -0.25) is 9.48 Å². The van der Waals surface area contributed by atoms with Crippen molar-refractivity contribution in [3.63, 3.8) is 0 Å². The predicted octanol–water partition coefficient (Wildman–Crippen LogP) is 2.54. The molecule has 2 heterocycles. The molecule has 2 atom stereocenters. The molecule has 0 bridgehead atoms. The summed E-state index contributed by atoms with van der Waals surface area (Å²) >= 11 is 0. The van der Waals surface area contributed by atoms with E-state index in [1.807, 2.05) is 0 Å². The Morgan fingerprint density at radius 2 is 2.31 bits per heavy atom. The van der Waals surface area contributed by atoms with Crippen LogP contribution in [0.4, 0.5) is 15.9 Å². The number of carbonyl (C=O) groups is 1. The van der Waals surface area contributed by atoms with Crippen molar-refractivity contribution in [2.75, 3.05) is 5.32 Å². The number of hydrogen-bond acceptors (Lipinski definition) is 6. The molecule has 4 N–H and O–H groups in total. The maximum Gasteiger partial charge on any atom is 0.555 e. The number of fused-ring (bicyclic) bond motifs is 1. The lowest BCUT2D eigenvalue weighted by Crippen LogP contribution is -2.27. The van der Waals surface area contributed by atoms with Crippen molar-refractivity contribution in [2.24, 2.45) is 11.7 Å². The van der Waals surface area contributed by atoms with Crippen LogP contribution in [0.1, 0.15) is 48.1 Å². The zero-order valence-electron chi connectivity index (χ0n) is 15.7. The molecular weight excluding hydrogens is 376 g/mol. The van der Waals surface area contributed by atoms with E-state index in [9.17, 15) is 19.5 Å². The maximum atomic E-state index is 14.5. The first-order chi connectivity index (χ1) is 13.9. The van der Waals surface area contributed by atoms with E-state index < -0.39 is 18.8 Å². The topological polar surface area (TPSA) is 126 Å². The largest absolute Gasteiger partial charge is 0.555 e. The van der Waals surface area contributed by atoms with Crippen LogP contribution in [0.3, 0.4) is 0 Å². The van der Waals surface area contributed by atoms with Gasteiger partial charge in [0.1, 0.15) is 11.3 Å². The van der Waals surface area contributed by atoms with Gasteiger partial charge in [-0.05, 0) is 37.7 Å². The fourth-order valence-corrected chi connectivity index (χ4v) is 3.82. The Kier molecular flexibility index (Phi) is 4.76. The number of hydrogen-bond donors (Lipinski definition) is 3. The van der Waals surface area contributed by atoms with Crippen LogP contribution in [0, 0.1) is 23.1 Å². The number of carbonyl (C=O) groups excluding carboxylic acids is 1. The van der Waals surface area contributed by atoms with Crippen molar-refractivity contribution < 1.29 is 18.9 Å². The number of halogens is 1. The molecule has 1 amide bonds. The maximum absolute atomic E-state index is 14.5. The number of nitrogens with zero attached hydrogens (tertiary/aromatic N) is 3. The molecule has 1 saturated carbocycles. The quantitative estimate of drug-likeness (QED) is 0.683. The Morgan fingerprint density at radius 3 is 3.03 bits per heavy atom. The van der Waals surface area contributed by atoms with E-state index in [0.29, 0.717) is 16.7 Å². The SMILES string of the molecule is CC1=Cc2cc(Nc3nn(C4CCCC4C#N)cc3C(N)=O)cc(F)c2OB1O. The van der Waals surface area contributed by atoms with Crippen molar-refractivity contribution in [1.29, 1.82) is 5.26 Å². The van der Waals surface area contributed by atoms with Gasteiger partial charge < -0.3 is 20.7 Å². The molecule has 8 nitrogen and oxygen atoms in total. The Bertz CT molecular complexity index is 1060. The van der Waals surface area contributed by atoms with E-state index in [-0.39, 0.29) is 29.1 Å². The van der Waals surface area contributed by atoms with Crippen LogP contribution in [0.2, 0.25) is 0 Å². The molecule has 1 fully saturated rings. The molecule has 2 aromatic rings. The normalized spacial score (nSPS) is 20.5. The second kappa shape index (κ2) is 7.26. The molecule has 10 heteroatoms. The highest BCUT2D eigenvalue weighted by atomic mass is 19.1. The second-order valence-electron chi connectivity index (χ2n) is 7.33. The molecule has 1 aliphatic carbocycles. The molecule has 2 unspecified atom stereocenters. The number of anilines is 2. The summed E-state index contributed by atoms with van der Waals surface area (Å²) in [6, 6.07) is 4.97. The van der Waals surface area contributed by atoms with E-state index in [1.54, 1.807) is 23.7 Å². The van der Waals surface area contributed by atoms with E-state index in [2.05, 4.69) is 16.5 Å². The third-order valence-corrected chi connectivity index (χ3v) is 5.32. The Hall–Kier alpha value is -3.32. The average Bonchev–Trinajstić information content (AvgIpc) is 3.30. The van der Waals surface area contributed by atoms with Crippen LogP contribution < -0.4 is 15.7 Å². The van der Waals surface area contributed by atoms with Gasteiger partial charge in [-0.15, -0.1) is 0 Å². The minimum Gasteiger partial charge on any atom is -0.530 e. The van der Waals surface area contributed by atoms with E-state index >= 15 is 0 Å².